The van der Waals surface area contributed by atoms with Crippen LogP contribution < -0.4 is 0 Å². The highest BCUT2D eigenvalue weighted by atomic mass is 31.0. The molecule has 18 heavy (non-hydrogen) atoms. The highest BCUT2D eigenvalue weighted by Gasteiger charge is 2.23. The first-order valence-electron chi connectivity index (χ1n) is 7.70. The molecule has 0 aromatic heterocycles. The van der Waals surface area contributed by atoms with Crippen LogP contribution in [0.25, 0.3) is 0 Å². The highest BCUT2D eigenvalue weighted by molar-refractivity contribution is 7.09. The number of hydrogen-bond acceptors (Lipinski definition) is 1. The van der Waals surface area contributed by atoms with Gasteiger partial charge in [-0.2, -0.15) is 0 Å². The molecule has 2 unspecified atom stereocenters. The van der Waals surface area contributed by atoms with Crippen molar-refractivity contribution in [2.45, 2.75) is 91.6 Å². The van der Waals surface area contributed by atoms with Gasteiger partial charge in [0, 0.05) is 9.47 Å². The Morgan fingerprint density at radius 1 is 0.778 bits per heavy atom. The van der Waals surface area contributed by atoms with E-state index in [1.807, 2.05) is 0 Å². The van der Waals surface area contributed by atoms with Crippen LogP contribution in [0.4, 0.5) is 0 Å². The lowest BCUT2D eigenvalue weighted by Gasteiger charge is -2.30. The molecular formula is C16H33OP. The molecule has 1 rings (SSSR count). The molecule has 0 heterocycles. The summed E-state index contributed by atoms with van der Waals surface area (Å²) in [5, 5.41) is 0. The van der Waals surface area contributed by atoms with Gasteiger partial charge in [-0.25, -0.2) is 0 Å². The molecule has 0 N–H and O–H groups in total. The van der Waals surface area contributed by atoms with Gasteiger partial charge in [0.1, 0.15) is 0 Å². The molecule has 1 saturated carbocycles. The van der Waals surface area contributed by atoms with Crippen molar-refractivity contribution in [3.63, 3.8) is 0 Å². The maximum atomic E-state index is 5.57. The Kier molecular flexibility index (Phi) is 6.62. The van der Waals surface area contributed by atoms with E-state index in [1.54, 1.807) is 0 Å². The Morgan fingerprint density at radius 2 is 1.28 bits per heavy atom. The maximum Gasteiger partial charge on any atom is 0.0611 e. The lowest BCUT2D eigenvalue weighted by molar-refractivity contribution is 0.157. The molecule has 1 fully saturated rings. The Balaban J connectivity index is 2.56. The third-order valence-electron chi connectivity index (χ3n) is 4.67. The Bertz CT molecular complexity index is 235. The van der Waals surface area contributed by atoms with Gasteiger partial charge in [-0.3, -0.25) is 0 Å². The fourth-order valence-electron chi connectivity index (χ4n) is 3.10. The van der Waals surface area contributed by atoms with Crippen LogP contribution in [0.15, 0.2) is 0 Å². The van der Waals surface area contributed by atoms with Crippen LogP contribution in [-0.2, 0) is 4.52 Å². The first-order chi connectivity index (χ1) is 8.35. The minimum Gasteiger partial charge on any atom is -0.362 e. The maximum absolute atomic E-state index is 5.57. The summed E-state index contributed by atoms with van der Waals surface area (Å²) < 4.78 is 5.57. The van der Waals surface area contributed by atoms with Crippen LogP contribution in [-0.4, -0.2) is 6.10 Å². The smallest absolute Gasteiger partial charge is 0.0611 e. The summed E-state index contributed by atoms with van der Waals surface area (Å²) in [6, 6.07) is 0. The zero-order valence-electron chi connectivity index (χ0n) is 12.9. The van der Waals surface area contributed by atoms with E-state index in [9.17, 15) is 0 Å². The first-order valence-corrected chi connectivity index (χ1v) is 8.17. The van der Waals surface area contributed by atoms with E-state index < -0.39 is 0 Å². The van der Waals surface area contributed by atoms with E-state index in [-0.39, 0.29) is 0 Å². The molecule has 1 aliphatic carbocycles. The molecule has 1 nitrogen and oxygen atoms in total. The fraction of sp³-hybridized carbons (Fsp3) is 1.00. The van der Waals surface area contributed by atoms with Crippen molar-refractivity contribution in [1.82, 2.24) is 0 Å². The molecule has 0 amide bonds. The normalized spacial score (nSPS) is 30.2. The van der Waals surface area contributed by atoms with E-state index >= 15 is 0 Å². The second-order valence-electron chi connectivity index (χ2n) is 7.72. The van der Waals surface area contributed by atoms with Gasteiger partial charge < -0.3 is 4.52 Å². The highest BCUT2D eigenvalue weighted by Crippen LogP contribution is 2.36. The van der Waals surface area contributed by atoms with E-state index in [0.29, 0.717) is 16.9 Å². The standard InChI is InChI=1S/C16H33OP/c1-15(2)10-5-6-11-16(3,4)13-9-14(17-18)8-7-12-15/h14H,5-13,18H2,1-4H3. The molecule has 1 aliphatic rings. The zero-order valence-corrected chi connectivity index (χ0v) is 14.1. The van der Waals surface area contributed by atoms with E-state index in [4.69, 9.17) is 4.52 Å². The van der Waals surface area contributed by atoms with Gasteiger partial charge in [0.15, 0.2) is 0 Å². The van der Waals surface area contributed by atoms with E-state index in [1.165, 1.54) is 57.8 Å². The van der Waals surface area contributed by atoms with Gasteiger partial charge in [0.05, 0.1) is 6.10 Å². The average Bonchev–Trinajstić information content (AvgIpc) is 2.28. The number of rotatable bonds is 1. The van der Waals surface area contributed by atoms with Gasteiger partial charge in [-0.1, -0.05) is 47.0 Å². The SMILES string of the molecule is CC1(C)CCCCC(C)(C)CCC(OP)CCC1. The van der Waals surface area contributed by atoms with Crippen molar-refractivity contribution in [2.75, 3.05) is 0 Å². The summed E-state index contributed by atoms with van der Waals surface area (Å²) in [4.78, 5) is 0. The summed E-state index contributed by atoms with van der Waals surface area (Å²) in [7, 11) is 2.48. The summed E-state index contributed by atoms with van der Waals surface area (Å²) in [6.45, 7) is 9.70. The summed E-state index contributed by atoms with van der Waals surface area (Å²) in [6.07, 6.45) is 12.4. The van der Waals surface area contributed by atoms with Crippen LogP contribution in [0.3, 0.4) is 0 Å². The van der Waals surface area contributed by atoms with Crippen LogP contribution in [0.5, 0.6) is 0 Å². The topological polar surface area (TPSA) is 9.23 Å². The average molecular weight is 272 g/mol. The molecule has 0 aliphatic heterocycles. The van der Waals surface area contributed by atoms with Crippen molar-refractivity contribution in [3.8, 4) is 0 Å². The minimum atomic E-state index is 0.449. The first kappa shape index (κ1) is 16.4. The molecule has 108 valence electrons. The van der Waals surface area contributed by atoms with Crippen molar-refractivity contribution in [1.29, 1.82) is 0 Å². The lowest BCUT2D eigenvalue weighted by atomic mass is 9.77. The Morgan fingerprint density at radius 3 is 1.83 bits per heavy atom. The predicted octanol–water partition coefficient (Wildman–Crippen LogP) is 5.74. The molecule has 2 atom stereocenters. The zero-order chi connectivity index (χ0) is 13.6. The molecule has 0 bridgehead atoms. The molecule has 0 radical (unpaired) electrons. The molecule has 0 aromatic rings. The van der Waals surface area contributed by atoms with Crippen LogP contribution in [0, 0.1) is 10.8 Å². The Labute approximate surface area is 117 Å². The van der Waals surface area contributed by atoms with Gasteiger partial charge in [-0.05, 0) is 49.4 Å². The predicted molar refractivity (Wildman–Crippen MR) is 83.7 cm³/mol. The molecule has 0 spiro atoms. The third-order valence-corrected chi connectivity index (χ3v) is 5.06. The summed E-state index contributed by atoms with van der Waals surface area (Å²) >= 11 is 0. The van der Waals surface area contributed by atoms with Crippen molar-refractivity contribution in [2.24, 2.45) is 10.8 Å². The van der Waals surface area contributed by atoms with Crippen LogP contribution in [0.2, 0.25) is 0 Å². The molecule has 0 saturated heterocycles. The van der Waals surface area contributed by atoms with Crippen LogP contribution in [0.1, 0.15) is 85.5 Å². The van der Waals surface area contributed by atoms with Gasteiger partial charge in [0.2, 0.25) is 0 Å². The second-order valence-corrected chi connectivity index (χ2v) is 8.00. The van der Waals surface area contributed by atoms with Gasteiger partial charge >= 0.3 is 0 Å². The van der Waals surface area contributed by atoms with Gasteiger partial charge in [0.25, 0.3) is 0 Å². The lowest BCUT2D eigenvalue weighted by Crippen LogP contribution is -2.19. The largest absolute Gasteiger partial charge is 0.362 e. The quantitative estimate of drug-likeness (QED) is 0.553. The van der Waals surface area contributed by atoms with E-state index in [0.717, 1.165) is 0 Å². The summed E-state index contributed by atoms with van der Waals surface area (Å²) in [5.41, 5.74) is 1.01. The van der Waals surface area contributed by atoms with E-state index in [2.05, 4.69) is 37.2 Å². The van der Waals surface area contributed by atoms with Crippen molar-refractivity contribution < 1.29 is 4.52 Å². The molecule has 2 heteroatoms. The second kappa shape index (κ2) is 7.25. The monoisotopic (exact) mass is 272 g/mol. The van der Waals surface area contributed by atoms with Crippen molar-refractivity contribution in [3.05, 3.63) is 0 Å². The van der Waals surface area contributed by atoms with Crippen LogP contribution >= 0.6 is 9.47 Å². The Hall–Kier alpha value is 0.390. The van der Waals surface area contributed by atoms with Gasteiger partial charge in [-0.15, -0.1) is 0 Å². The minimum absolute atomic E-state index is 0.449. The number of hydrogen-bond donors (Lipinski definition) is 0. The third kappa shape index (κ3) is 6.53. The fourth-order valence-corrected chi connectivity index (χ4v) is 3.37. The molecular weight excluding hydrogens is 239 g/mol. The van der Waals surface area contributed by atoms with Crippen molar-refractivity contribution >= 4 is 9.47 Å². The summed E-state index contributed by atoms with van der Waals surface area (Å²) in [5.74, 6) is 0. The molecule has 0 aromatic carbocycles.